The normalized spacial score (nSPS) is 10.3. The fraction of sp³-hybridized carbons (Fsp3) is 0.0588. The molecule has 0 radical (unpaired) electrons. The Morgan fingerprint density at radius 3 is 2.58 bits per heavy atom. The van der Waals surface area contributed by atoms with Gasteiger partial charge in [0.05, 0.1) is 22.7 Å². The van der Waals surface area contributed by atoms with Crippen molar-refractivity contribution in [2.24, 2.45) is 0 Å². The Kier molecular flexibility index (Phi) is 4.33. The van der Waals surface area contributed by atoms with Crippen molar-refractivity contribution in [3.8, 4) is 0 Å². The number of carbonyl (C=O) groups is 1. The summed E-state index contributed by atoms with van der Waals surface area (Å²) in [7, 11) is 0. The zero-order valence-electron chi connectivity index (χ0n) is 12.6. The van der Waals surface area contributed by atoms with E-state index in [1.165, 1.54) is 24.3 Å². The molecule has 0 bridgehead atoms. The summed E-state index contributed by atoms with van der Waals surface area (Å²) < 4.78 is 0. The van der Waals surface area contributed by atoms with E-state index >= 15 is 0 Å². The molecule has 0 saturated heterocycles. The highest BCUT2D eigenvalue weighted by molar-refractivity contribution is 5.96. The molecule has 3 rings (SSSR count). The van der Waals surface area contributed by atoms with Gasteiger partial charge in [0.1, 0.15) is 0 Å². The molecule has 120 valence electrons. The van der Waals surface area contributed by atoms with Crippen LogP contribution in [-0.2, 0) is 4.79 Å². The highest BCUT2D eigenvalue weighted by Gasteiger charge is 2.07. The summed E-state index contributed by atoms with van der Waals surface area (Å²) in [4.78, 5) is 26.4. The number of nitro groups is 1. The largest absolute Gasteiger partial charge is 0.374 e. The van der Waals surface area contributed by atoms with E-state index in [1.54, 1.807) is 6.20 Å². The minimum atomic E-state index is -0.485. The molecule has 2 aromatic carbocycles. The Labute approximate surface area is 137 Å². The van der Waals surface area contributed by atoms with Gasteiger partial charge in [0.25, 0.3) is 5.69 Å². The predicted octanol–water partition coefficient (Wildman–Crippen LogP) is 3.19. The van der Waals surface area contributed by atoms with Crippen LogP contribution in [0.2, 0.25) is 0 Å². The molecule has 1 heterocycles. The van der Waals surface area contributed by atoms with Gasteiger partial charge >= 0.3 is 0 Å². The number of amides is 1. The Morgan fingerprint density at radius 1 is 1.08 bits per heavy atom. The number of para-hydroxylation sites is 1. The molecule has 3 aromatic rings. The van der Waals surface area contributed by atoms with E-state index < -0.39 is 4.92 Å². The number of hydrogen-bond acceptors (Lipinski definition) is 5. The number of aromatic nitrogens is 1. The maximum absolute atomic E-state index is 12.0. The number of anilines is 2. The van der Waals surface area contributed by atoms with Crippen molar-refractivity contribution in [1.29, 1.82) is 0 Å². The molecule has 1 aromatic heterocycles. The lowest BCUT2D eigenvalue weighted by atomic mass is 10.2. The summed E-state index contributed by atoms with van der Waals surface area (Å²) in [6.45, 7) is 0.0622. The SMILES string of the molecule is O=C(CNc1cccc2cccnc12)Nc1ccc([N+](=O)[O-])cc1. The van der Waals surface area contributed by atoms with E-state index in [0.717, 1.165) is 16.6 Å². The lowest BCUT2D eigenvalue weighted by molar-refractivity contribution is -0.384. The first-order chi connectivity index (χ1) is 11.6. The third-order valence-electron chi connectivity index (χ3n) is 3.43. The fourth-order valence-corrected chi connectivity index (χ4v) is 2.29. The monoisotopic (exact) mass is 322 g/mol. The van der Waals surface area contributed by atoms with Crippen molar-refractivity contribution in [1.82, 2.24) is 4.98 Å². The van der Waals surface area contributed by atoms with Crippen molar-refractivity contribution in [3.05, 3.63) is 70.9 Å². The van der Waals surface area contributed by atoms with Crippen molar-refractivity contribution >= 4 is 33.9 Å². The molecule has 0 unspecified atom stereocenters. The Bertz CT molecular complexity index is 888. The summed E-state index contributed by atoms with van der Waals surface area (Å²) in [6.07, 6.45) is 1.70. The molecule has 0 saturated carbocycles. The fourth-order valence-electron chi connectivity index (χ4n) is 2.29. The number of non-ortho nitro benzene ring substituents is 1. The molecule has 24 heavy (non-hydrogen) atoms. The molecular weight excluding hydrogens is 308 g/mol. The van der Waals surface area contributed by atoms with Gasteiger partial charge in [0, 0.05) is 29.4 Å². The minimum Gasteiger partial charge on any atom is -0.374 e. The molecule has 7 nitrogen and oxygen atoms in total. The molecule has 0 fully saturated rings. The number of rotatable bonds is 5. The first-order valence-corrected chi connectivity index (χ1v) is 7.25. The van der Waals surface area contributed by atoms with E-state index in [9.17, 15) is 14.9 Å². The molecule has 0 atom stereocenters. The van der Waals surface area contributed by atoms with Crippen LogP contribution in [0.25, 0.3) is 10.9 Å². The molecule has 0 aliphatic heterocycles. The topological polar surface area (TPSA) is 97.2 Å². The summed E-state index contributed by atoms with van der Waals surface area (Å²) in [6, 6.07) is 15.2. The van der Waals surface area contributed by atoms with E-state index in [1.807, 2.05) is 30.3 Å². The maximum Gasteiger partial charge on any atom is 0.269 e. The highest BCUT2D eigenvalue weighted by Crippen LogP contribution is 2.20. The molecule has 7 heteroatoms. The number of hydrogen-bond donors (Lipinski definition) is 2. The molecule has 0 aliphatic rings. The summed E-state index contributed by atoms with van der Waals surface area (Å²) >= 11 is 0. The number of nitrogens with one attached hydrogen (secondary N) is 2. The number of nitrogens with zero attached hydrogens (tertiary/aromatic N) is 2. The van der Waals surface area contributed by atoms with Gasteiger partial charge in [-0.15, -0.1) is 0 Å². The first kappa shape index (κ1) is 15.4. The minimum absolute atomic E-state index is 0.0204. The van der Waals surface area contributed by atoms with Crippen LogP contribution in [0.1, 0.15) is 0 Å². The van der Waals surface area contributed by atoms with E-state index in [2.05, 4.69) is 15.6 Å². The van der Waals surface area contributed by atoms with E-state index in [4.69, 9.17) is 0 Å². The molecular formula is C17H14N4O3. The predicted molar refractivity (Wildman–Crippen MR) is 92.0 cm³/mol. The number of fused-ring (bicyclic) bond motifs is 1. The molecule has 0 aliphatic carbocycles. The van der Waals surface area contributed by atoms with Gasteiger partial charge in [0.15, 0.2) is 0 Å². The van der Waals surface area contributed by atoms with Gasteiger partial charge < -0.3 is 10.6 Å². The lowest BCUT2D eigenvalue weighted by Gasteiger charge is -2.09. The second kappa shape index (κ2) is 6.74. The second-order valence-corrected chi connectivity index (χ2v) is 5.09. The Hall–Kier alpha value is -3.48. The van der Waals surface area contributed by atoms with Crippen LogP contribution in [0.5, 0.6) is 0 Å². The van der Waals surface area contributed by atoms with Crippen LogP contribution >= 0.6 is 0 Å². The average molecular weight is 322 g/mol. The third kappa shape index (κ3) is 3.46. The van der Waals surface area contributed by atoms with Crippen LogP contribution < -0.4 is 10.6 Å². The van der Waals surface area contributed by atoms with Crippen LogP contribution in [0.4, 0.5) is 17.1 Å². The maximum atomic E-state index is 12.0. The van der Waals surface area contributed by atoms with Crippen molar-refractivity contribution in [2.75, 3.05) is 17.2 Å². The molecule has 1 amide bonds. The van der Waals surface area contributed by atoms with Gasteiger partial charge in [-0.1, -0.05) is 18.2 Å². The summed E-state index contributed by atoms with van der Waals surface area (Å²) in [5.41, 5.74) is 2.05. The van der Waals surface area contributed by atoms with Crippen LogP contribution in [0, 0.1) is 10.1 Å². The van der Waals surface area contributed by atoms with Gasteiger partial charge in [-0.05, 0) is 24.3 Å². The zero-order valence-corrected chi connectivity index (χ0v) is 12.6. The van der Waals surface area contributed by atoms with Gasteiger partial charge in [-0.3, -0.25) is 19.9 Å². The smallest absolute Gasteiger partial charge is 0.269 e. The molecule has 2 N–H and O–H groups in total. The summed E-state index contributed by atoms with van der Waals surface area (Å²) in [5, 5.41) is 17.3. The van der Waals surface area contributed by atoms with Gasteiger partial charge in [0.2, 0.25) is 5.91 Å². The Balaban J connectivity index is 1.64. The standard InChI is InChI=1S/C17H14N4O3/c22-16(20-13-6-8-14(9-7-13)21(23)24)11-19-15-5-1-3-12-4-2-10-18-17(12)15/h1-10,19H,11H2,(H,20,22). The highest BCUT2D eigenvalue weighted by atomic mass is 16.6. The van der Waals surface area contributed by atoms with E-state index in [0.29, 0.717) is 5.69 Å². The Morgan fingerprint density at radius 2 is 1.83 bits per heavy atom. The summed E-state index contributed by atoms with van der Waals surface area (Å²) in [5.74, 6) is -0.253. The van der Waals surface area contributed by atoms with Crippen LogP contribution in [-0.4, -0.2) is 22.4 Å². The molecule has 0 spiro atoms. The lowest BCUT2D eigenvalue weighted by Crippen LogP contribution is -2.21. The van der Waals surface area contributed by atoms with Crippen LogP contribution in [0.15, 0.2) is 60.8 Å². The number of carbonyl (C=O) groups excluding carboxylic acids is 1. The van der Waals surface area contributed by atoms with Crippen molar-refractivity contribution in [2.45, 2.75) is 0 Å². The number of benzene rings is 2. The van der Waals surface area contributed by atoms with Crippen molar-refractivity contribution < 1.29 is 9.72 Å². The van der Waals surface area contributed by atoms with Crippen molar-refractivity contribution in [3.63, 3.8) is 0 Å². The van der Waals surface area contributed by atoms with Crippen LogP contribution in [0.3, 0.4) is 0 Å². The van der Waals surface area contributed by atoms with E-state index in [-0.39, 0.29) is 18.1 Å². The second-order valence-electron chi connectivity index (χ2n) is 5.09. The first-order valence-electron chi connectivity index (χ1n) is 7.25. The number of nitro benzene ring substituents is 1. The number of pyridine rings is 1. The zero-order chi connectivity index (χ0) is 16.9. The van der Waals surface area contributed by atoms with Gasteiger partial charge in [-0.25, -0.2) is 0 Å². The quantitative estimate of drug-likeness (QED) is 0.555. The van der Waals surface area contributed by atoms with Gasteiger partial charge in [-0.2, -0.15) is 0 Å². The third-order valence-corrected chi connectivity index (χ3v) is 3.43. The average Bonchev–Trinajstić information content (AvgIpc) is 2.60.